The zero-order chi connectivity index (χ0) is 25.2. The van der Waals surface area contributed by atoms with Crippen molar-refractivity contribution < 1.29 is 23.8 Å². The molecule has 1 aromatic heterocycles. The van der Waals surface area contributed by atoms with Gasteiger partial charge in [-0.2, -0.15) is 0 Å². The summed E-state index contributed by atoms with van der Waals surface area (Å²) < 4.78 is 17.9. The highest BCUT2D eigenvalue weighted by Gasteiger charge is 2.18. The zero-order valence-corrected chi connectivity index (χ0v) is 20.3. The average Bonchev–Trinajstić information content (AvgIpc) is 3.14. The van der Waals surface area contributed by atoms with Gasteiger partial charge in [0, 0.05) is 42.3 Å². The zero-order valence-electron chi connectivity index (χ0n) is 20.3. The molecule has 0 aliphatic carbocycles. The van der Waals surface area contributed by atoms with Crippen LogP contribution in [0.3, 0.4) is 0 Å². The molecule has 0 radical (unpaired) electrons. The largest absolute Gasteiger partial charge is 0.460 e. The minimum atomic E-state index is -0.500. The molecule has 3 rings (SSSR count). The number of carbonyl (C=O) groups is 2. The summed E-state index contributed by atoms with van der Waals surface area (Å²) in [6.07, 6.45) is 3.31. The van der Waals surface area contributed by atoms with Crippen LogP contribution in [0.15, 0.2) is 77.3 Å². The third-order valence-electron chi connectivity index (χ3n) is 5.27. The van der Waals surface area contributed by atoms with Gasteiger partial charge < -0.3 is 18.8 Å². The topological polar surface area (TPSA) is 79.1 Å². The fourth-order valence-corrected chi connectivity index (χ4v) is 3.65. The quantitative estimate of drug-likeness (QED) is 0.176. The van der Waals surface area contributed by atoms with Gasteiger partial charge in [0.05, 0.1) is 24.5 Å². The first kappa shape index (κ1) is 25.6. The van der Waals surface area contributed by atoms with Gasteiger partial charge in [0.15, 0.2) is 0 Å². The number of carbonyl (C=O) groups excluding carboxylic acids is 2. The number of rotatable bonds is 11. The molecule has 0 N–H and O–H groups in total. The van der Waals surface area contributed by atoms with Gasteiger partial charge in [-0.3, -0.25) is 4.99 Å². The Morgan fingerprint density at radius 1 is 0.943 bits per heavy atom. The van der Waals surface area contributed by atoms with Crippen LogP contribution in [0.5, 0.6) is 0 Å². The minimum Gasteiger partial charge on any atom is -0.460 e. The molecule has 0 atom stereocenters. The molecule has 0 fully saturated rings. The van der Waals surface area contributed by atoms with Gasteiger partial charge in [-0.1, -0.05) is 55.1 Å². The van der Waals surface area contributed by atoms with E-state index in [0.29, 0.717) is 11.1 Å². The van der Waals surface area contributed by atoms with Crippen molar-refractivity contribution in [1.82, 2.24) is 4.57 Å². The molecule has 0 aliphatic heterocycles. The maximum Gasteiger partial charge on any atom is 0.339 e. The van der Waals surface area contributed by atoms with Crippen LogP contribution >= 0.6 is 0 Å². The van der Waals surface area contributed by atoms with Gasteiger partial charge in [0.1, 0.15) is 13.2 Å². The van der Waals surface area contributed by atoms with Crippen LogP contribution in [0.1, 0.15) is 12.5 Å². The monoisotopic (exact) mass is 474 g/mol. The highest BCUT2D eigenvalue weighted by atomic mass is 16.6. The van der Waals surface area contributed by atoms with E-state index in [-0.39, 0.29) is 26.4 Å². The Morgan fingerprint density at radius 3 is 2.23 bits per heavy atom. The van der Waals surface area contributed by atoms with Crippen molar-refractivity contribution in [2.24, 2.45) is 12.0 Å². The molecule has 0 amide bonds. The molecular weight excluding hydrogens is 444 g/mol. The van der Waals surface area contributed by atoms with Gasteiger partial charge in [-0.25, -0.2) is 9.59 Å². The Labute approximate surface area is 205 Å². The van der Waals surface area contributed by atoms with Crippen LogP contribution in [-0.2, 0) is 30.8 Å². The second-order valence-corrected chi connectivity index (χ2v) is 7.86. The first-order valence-corrected chi connectivity index (χ1v) is 11.3. The number of benzene rings is 2. The van der Waals surface area contributed by atoms with E-state index in [1.54, 1.807) is 14.0 Å². The molecule has 0 spiro atoms. The number of esters is 2. The molecule has 2 aromatic carbocycles. The smallest absolute Gasteiger partial charge is 0.339 e. The highest BCUT2D eigenvalue weighted by molar-refractivity contribution is 6.15. The van der Waals surface area contributed by atoms with Crippen LogP contribution in [0.25, 0.3) is 28.2 Å². The Balaban J connectivity index is 1.75. The summed E-state index contributed by atoms with van der Waals surface area (Å²) in [5.74, 6) is -0.961. The normalized spacial score (nSPS) is 11.7. The Bertz CT molecular complexity index is 1260. The van der Waals surface area contributed by atoms with Gasteiger partial charge in [-0.05, 0) is 24.6 Å². The predicted octanol–water partition coefficient (Wildman–Crippen LogP) is 4.61. The van der Waals surface area contributed by atoms with Crippen LogP contribution in [-0.4, -0.2) is 56.2 Å². The summed E-state index contributed by atoms with van der Waals surface area (Å²) in [7, 11) is 3.62. The molecule has 0 aliphatic rings. The first-order chi connectivity index (χ1) is 16.9. The third-order valence-corrected chi connectivity index (χ3v) is 5.27. The number of fused-ring (bicyclic) bond motifs is 1. The number of nitrogens with zero attached hydrogens (tertiary/aromatic N) is 2. The molecule has 35 heavy (non-hydrogen) atoms. The lowest BCUT2D eigenvalue weighted by molar-refractivity contribution is -0.141. The number of aromatic nitrogens is 1. The molecular formula is C28H30N2O5. The van der Waals surface area contributed by atoms with Crippen molar-refractivity contribution in [3.63, 3.8) is 0 Å². The fraction of sp³-hybridized carbons (Fsp3) is 0.250. The number of para-hydroxylation sites is 1. The van der Waals surface area contributed by atoms with Gasteiger partial charge in [0.25, 0.3) is 0 Å². The Hall–Kier alpha value is -3.97. The van der Waals surface area contributed by atoms with Gasteiger partial charge >= 0.3 is 11.9 Å². The summed E-state index contributed by atoms with van der Waals surface area (Å²) in [6, 6.07) is 18.1. The molecule has 1 heterocycles. The summed E-state index contributed by atoms with van der Waals surface area (Å²) in [4.78, 5) is 28.3. The van der Waals surface area contributed by atoms with Gasteiger partial charge in [0.2, 0.25) is 0 Å². The van der Waals surface area contributed by atoms with E-state index in [0.717, 1.165) is 27.7 Å². The lowest BCUT2D eigenvalue weighted by atomic mass is 10.0. The molecule has 7 heteroatoms. The van der Waals surface area contributed by atoms with E-state index < -0.39 is 11.9 Å². The van der Waals surface area contributed by atoms with Crippen LogP contribution < -0.4 is 0 Å². The van der Waals surface area contributed by atoms with Crippen molar-refractivity contribution >= 4 is 35.1 Å². The van der Waals surface area contributed by atoms with Crippen molar-refractivity contribution in [3.05, 3.63) is 77.9 Å². The Morgan fingerprint density at radius 2 is 1.57 bits per heavy atom. The molecule has 0 unspecified atom stereocenters. The lowest BCUT2D eigenvalue weighted by Gasteiger charge is -2.09. The summed E-state index contributed by atoms with van der Waals surface area (Å²) in [5, 5.41) is 1.02. The Kier molecular flexibility index (Phi) is 9.15. The molecule has 7 nitrogen and oxygen atoms in total. The van der Waals surface area contributed by atoms with Gasteiger partial charge in [-0.15, -0.1) is 0 Å². The van der Waals surface area contributed by atoms with Crippen molar-refractivity contribution in [3.8, 4) is 11.3 Å². The van der Waals surface area contributed by atoms with E-state index in [2.05, 4.69) is 22.2 Å². The van der Waals surface area contributed by atoms with E-state index in [1.165, 1.54) is 6.21 Å². The SMILES string of the molecule is C=C(C)C(=O)OCCOCCOC(=O)C(/C=N\C)=C/c1c(-c2ccccc2)n(C)c2ccccc12. The third kappa shape index (κ3) is 6.55. The van der Waals surface area contributed by atoms with Crippen LogP contribution in [0.2, 0.25) is 0 Å². The average molecular weight is 475 g/mol. The maximum absolute atomic E-state index is 12.9. The van der Waals surface area contributed by atoms with E-state index in [4.69, 9.17) is 14.2 Å². The maximum atomic E-state index is 12.9. The number of hydrogen-bond donors (Lipinski definition) is 0. The molecule has 182 valence electrons. The molecule has 0 saturated carbocycles. The second kappa shape index (κ2) is 12.5. The number of aryl methyl sites for hydroxylation is 1. The van der Waals surface area contributed by atoms with E-state index in [1.807, 2.05) is 61.7 Å². The second-order valence-electron chi connectivity index (χ2n) is 7.86. The lowest BCUT2D eigenvalue weighted by Crippen LogP contribution is -2.16. The number of hydrogen-bond acceptors (Lipinski definition) is 6. The molecule has 0 saturated heterocycles. The van der Waals surface area contributed by atoms with Crippen molar-refractivity contribution in [2.45, 2.75) is 6.92 Å². The molecule has 0 bridgehead atoms. The number of aliphatic imine (C=N–C) groups is 1. The molecule has 3 aromatic rings. The first-order valence-electron chi connectivity index (χ1n) is 11.3. The van der Waals surface area contributed by atoms with Crippen molar-refractivity contribution in [1.29, 1.82) is 0 Å². The summed E-state index contributed by atoms with van der Waals surface area (Å²) in [6.45, 7) is 5.64. The van der Waals surface area contributed by atoms with E-state index >= 15 is 0 Å². The van der Waals surface area contributed by atoms with Crippen LogP contribution in [0.4, 0.5) is 0 Å². The minimum absolute atomic E-state index is 0.0588. The van der Waals surface area contributed by atoms with E-state index in [9.17, 15) is 9.59 Å². The standard InChI is InChI=1S/C28H30N2O5/c1-20(2)27(31)34-16-14-33-15-17-35-28(32)22(19-29-3)18-24-23-12-8-9-13-25(23)30(4)26(24)21-10-6-5-7-11-21/h5-13,18-19H,1,14-17H2,2-4H3/b22-18+,29-19-. The highest BCUT2D eigenvalue weighted by Crippen LogP contribution is 2.34. The summed E-state index contributed by atoms with van der Waals surface area (Å²) >= 11 is 0. The van der Waals surface area contributed by atoms with Crippen molar-refractivity contribution in [2.75, 3.05) is 33.5 Å². The fourth-order valence-electron chi connectivity index (χ4n) is 3.65. The summed E-state index contributed by atoms with van der Waals surface area (Å²) in [5.41, 5.74) is 4.67. The number of ether oxygens (including phenoxy) is 3. The van der Waals surface area contributed by atoms with Crippen LogP contribution in [0, 0.1) is 0 Å². The predicted molar refractivity (Wildman–Crippen MR) is 138 cm³/mol.